The minimum atomic E-state index is -0.119. The molecule has 0 saturated carbocycles. The van der Waals surface area contributed by atoms with Crippen LogP contribution in [-0.4, -0.2) is 31.7 Å². The first kappa shape index (κ1) is 19.3. The number of hydrogen-bond acceptors (Lipinski definition) is 5. The van der Waals surface area contributed by atoms with Crippen molar-refractivity contribution in [1.29, 1.82) is 0 Å². The normalized spacial score (nSPS) is 20.2. The zero-order valence-corrected chi connectivity index (χ0v) is 16.9. The fraction of sp³-hybridized carbons (Fsp3) is 0.600. The Kier molecular flexibility index (Phi) is 5.77. The first-order valence-corrected chi connectivity index (χ1v) is 9.84. The molecule has 1 amide bonds. The van der Waals surface area contributed by atoms with Gasteiger partial charge in [-0.3, -0.25) is 9.48 Å². The van der Waals surface area contributed by atoms with Gasteiger partial charge in [0.15, 0.2) is 0 Å². The Labute approximate surface area is 161 Å². The van der Waals surface area contributed by atoms with E-state index < -0.39 is 0 Å². The van der Waals surface area contributed by atoms with Gasteiger partial charge in [-0.1, -0.05) is 27.7 Å². The zero-order chi connectivity index (χ0) is 19.6. The van der Waals surface area contributed by atoms with E-state index >= 15 is 0 Å². The summed E-state index contributed by atoms with van der Waals surface area (Å²) in [5.41, 5.74) is 2.05. The minimum absolute atomic E-state index is 0.0622. The van der Waals surface area contributed by atoms with Crippen LogP contribution in [0.25, 0.3) is 0 Å². The molecule has 0 radical (unpaired) electrons. The molecule has 146 valence electrons. The van der Waals surface area contributed by atoms with E-state index in [2.05, 4.69) is 43.4 Å². The molecule has 2 aromatic rings. The standard InChI is InChI=1S/C20H30N6O/c1-6-26-11-14(10-21-26)19-15(7-8-18(27)25-19)22-17-9-16(12(2)3)23-20(24-17)13(4)5/h9-13,15,19H,6-8H2,1-5H3,(H,25,27)(H,22,23,24)/t15-,19+/m1/s1. The maximum atomic E-state index is 12.0. The maximum Gasteiger partial charge on any atom is 0.220 e. The molecule has 0 spiro atoms. The highest BCUT2D eigenvalue weighted by Crippen LogP contribution is 2.28. The van der Waals surface area contributed by atoms with Crippen molar-refractivity contribution in [2.24, 2.45) is 0 Å². The number of rotatable bonds is 6. The summed E-state index contributed by atoms with van der Waals surface area (Å²) in [5, 5.41) is 11.0. The third-order valence-electron chi connectivity index (χ3n) is 4.94. The highest BCUT2D eigenvalue weighted by Gasteiger charge is 2.31. The van der Waals surface area contributed by atoms with Crippen LogP contribution in [0.2, 0.25) is 0 Å². The average molecular weight is 371 g/mol. The fourth-order valence-corrected chi connectivity index (χ4v) is 3.29. The summed E-state index contributed by atoms with van der Waals surface area (Å²) >= 11 is 0. The molecule has 3 heterocycles. The molecule has 0 unspecified atom stereocenters. The quantitative estimate of drug-likeness (QED) is 0.814. The predicted molar refractivity (Wildman–Crippen MR) is 106 cm³/mol. The maximum absolute atomic E-state index is 12.0. The molecule has 3 rings (SSSR count). The molecule has 0 bridgehead atoms. The Balaban J connectivity index is 1.88. The van der Waals surface area contributed by atoms with E-state index in [-0.39, 0.29) is 23.9 Å². The van der Waals surface area contributed by atoms with Crippen molar-refractivity contribution in [3.8, 4) is 0 Å². The third kappa shape index (κ3) is 4.46. The van der Waals surface area contributed by atoms with E-state index in [0.717, 1.165) is 35.9 Å². The first-order valence-electron chi connectivity index (χ1n) is 9.84. The van der Waals surface area contributed by atoms with Crippen molar-refractivity contribution in [2.75, 3.05) is 5.32 Å². The Hall–Kier alpha value is -2.44. The molecule has 27 heavy (non-hydrogen) atoms. The van der Waals surface area contributed by atoms with Gasteiger partial charge in [-0.15, -0.1) is 0 Å². The molecule has 7 nitrogen and oxygen atoms in total. The van der Waals surface area contributed by atoms with Crippen molar-refractivity contribution >= 4 is 11.7 Å². The number of carbonyl (C=O) groups excluding carboxylic acids is 1. The molecule has 0 aromatic carbocycles. The lowest BCUT2D eigenvalue weighted by Gasteiger charge is -2.33. The number of carbonyl (C=O) groups is 1. The van der Waals surface area contributed by atoms with E-state index in [4.69, 9.17) is 9.97 Å². The van der Waals surface area contributed by atoms with E-state index in [1.165, 1.54) is 0 Å². The Morgan fingerprint density at radius 3 is 2.67 bits per heavy atom. The lowest BCUT2D eigenvalue weighted by atomic mass is 9.93. The highest BCUT2D eigenvalue weighted by atomic mass is 16.1. The van der Waals surface area contributed by atoms with Gasteiger partial charge < -0.3 is 10.6 Å². The Bertz CT molecular complexity index is 771. The van der Waals surface area contributed by atoms with E-state index in [1.54, 1.807) is 0 Å². The number of nitrogens with zero attached hydrogens (tertiary/aromatic N) is 4. The van der Waals surface area contributed by atoms with Crippen LogP contribution in [0.15, 0.2) is 18.5 Å². The topological polar surface area (TPSA) is 84.7 Å². The van der Waals surface area contributed by atoms with Gasteiger partial charge in [-0.05, 0) is 19.3 Å². The monoisotopic (exact) mass is 370 g/mol. The van der Waals surface area contributed by atoms with Crippen LogP contribution in [0.5, 0.6) is 0 Å². The molecule has 2 atom stereocenters. The van der Waals surface area contributed by atoms with Crippen LogP contribution in [0.1, 0.15) is 82.4 Å². The number of amides is 1. The van der Waals surface area contributed by atoms with Gasteiger partial charge in [0.1, 0.15) is 11.6 Å². The van der Waals surface area contributed by atoms with Crippen LogP contribution >= 0.6 is 0 Å². The van der Waals surface area contributed by atoms with Gasteiger partial charge in [0, 0.05) is 42.4 Å². The Morgan fingerprint density at radius 1 is 1.26 bits per heavy atom. The summed E-state index contributed by atoms with van der Waals surface area (Å²) in [4.78, 5) is 21.4. The van der Waals surface area contributed by atoms with Gasteiger partial charge in [-0.25, -0.2) is 9.97 Å². The van der Waals surface area contributed by atoms with E-state index in [9.17, 15) is 4.79 Å². The zero-order valence-electron chi connectivity index (χ0n) is 16.9. The number of anilines is 1. The highest BCUT2D eigenvalue weighted by molar-refractivity contribution is 5.77. The fourth-order valence-electron chi connectivity index (χ4n) is 3.29. The van der Waals surface area contributed by atoms with Crippen molar-refractivity contribution in [1.82, 2.24) is 25.1 Å². The Morgan fingerprint density at radius 2 is 2.04 bits per heavy atom. The minimum Gasteiger partial charge on any atom is -0.365 e. The van der Waals surface area contributed by atoms with E-state index in [1.807, 2.05) is 30.1 Å². The molecule has 1 fully saturated rings. The summed E-state index contributed by atoms with van der Waals surface area (Å²) in [6.45, 7) is 11.3. The predicted octanol–water partition coefficient (Wildman–Crippen LogP) is 3.37. The third-order valence-corrected chi connectivity index (χ3v) is 4.94. The second-order valence-corrected chi connectivity index (χ2v) is 7.81. The number of hydrogen-bond donors (Lipinski definition) is 2. The van der Waals surface area contributed by atoms with E-state index in [0.29, 0.717) is 12.3 Å². The largest absolute Gasteiger partial charge is 0.365 e. The first-order chi connectivity index (χ1) is 12.9. The summed E-state index contributed by atoms with van der Waals surface area (Å²) in [6, 6.07) is 1.97. The van der Waals surface area contributed by atoms with Gasteiger partial charge in [0.25, 0.3) is 0 Å². The summed E-state index contributed by atoms with van der Waals surface area (Å²) in [7, 11) is 0. The van der Waals surface area contributed by atoms with Gasteiger partial charge >= 0.3 is 0 Å². The SMILES string of the molecule is CCn1cc([C@@H]2NC(=O)CC[C@H]2Nc2cc(C(C)C)nc(C(C)C)n2)cn1. The molecular weight excluding hydrogens is 340 g/mol. The molecule has 2 N–H and O–H groups in total. The van der Waals surface area contributed by atoms with Crippen molar-refractivity contribution in [3.63, 3.8) is 0 Å². The van der Waals surface area contributed by atoms with Gasteiger partial charge in [0.05, 0.1) is 18.3 Å². The molecule has 1 aliphatic rings. The van der Waals surface area contributed by atoms with Crippen LogP contribution in [-0.2, 0) is 11.3 Å². The van der Waals surface area contributed by atoms with Crippen LogP contribution in [0.4, 0.5) is 5.82 Å². The summed E-state index contributed by atoms with van der Waals surface area (Å²) in [6.07, 6.45) is 5.11. The van der Waals surface area contributed by atoms with Crippen LogP contribution < -0.4 is 10.6 Å². The second kappa shape index (κ2) is 8.06. The summed E-state index contributed by atoms with van der Waals surface area (Å²) < 4.78 is 1.88. The molecule has 7 heteroatoms. The molecule has 1 saturated heterocycles. The molecule has 2 aromatic heterocycles. The lowest BCUT2D eigenvalue weighted by Crippen LogP contribution is -2.45. The molecule has 0 aliphatic carbocycles. The molecule has 1 aliphatic heterocycles. The summed E-state index contributed by atoms with van der Waals surface area (Å²) in [5.74, 6) is 2.34. The number of aromatic nitrogens is 4. The smallest absolute Gasteiger partial charge is 0.220 e. The van der Waals surface area contributed by atoms with Crippen LogP contribution in [0.3, 0.4) is 0 Å². The van der Waals surface area contributed by atoms with Crippen molar-refractivity contribution < 1.29 is 4.79 Å². The van der Waals surface area contributed by atoms with Crippen molar-refractivity contribution in [2.45, 2.75) is 77.9 Å². The van der Waals surface area contributed by atoms with Gasteiger partial charge in [0.2, 0.25) is 5.91 Å². The average Bonchev–Trinajstić information content (AvgIpc) is 3.12. The second-order valence-electron chi connectivity index (χ2n) is 7.81. The molecular formula is C20H30N6O. The van der Waals surface area contributed by atoms with Crippen LogP contribution in [0, 0.1) is 0 Å². The van der Waals surface area contributed by atoms with Gasteiger partial charge in [-0.2, -0.15) is 5.10 Å². The lowest BCUT2D eigenvalue weighted by molar-refractivity contribution is -0.123. The van der Waals surface area contributed by atoms with Crippen molar-refractivity contribution in [3.05, 3.63) is 35.5 Å². The number of nitrogens with one attached hydrogen (secondary N) is 2. The number of piperidine rings is 1. The number of aryl methyl sites for hydroxylation is 1.